The Morgan fingerprint density at radius 2 is 1.97 bits per heavy atom. The number of rotatable bonds is 3. The number of pyridine rings is 1. The first-order valence-corrected chi connectivity index (χ1v) is 12.3. The van der Waals surface area contributed by atoms with E-state index < -0.39 is 0 Å². The molecule has 1 saturated heterocycles. The molecule has 1 fully saturated rings. The van der Waals surface area contributed by atoms with Gasteiger partial charge < -0.3 is 14.2 Å². The summed E-state index contributed by atoms with van der Waals surface area (Å²) in [4.78, 5) is 29.7. The Labute approximate surface area is 202 Å². The van der Waals surface area contributed by atoms with Gasteiger partial charge in [-0.25, -0.2) is 0 Å². The van der Waals surface area contributed by atoms with Crippen LogP contribution in [0.25, 0.3) is 5.69 Å². The van der Waals surface area contributed by atoms with Crippen LogP contribution in [0.2, 0.25) is 5.02 Å². The second-order valence-corrected chi connectivity index (χ2v) is 10.3. The highest BCUT2D eigenvalue weighted by molar-refractivity contribution is 7.99. The standard InChI is InChI=1S/C26H25ClN2O3S/c1-16-12-22(30)25(26(31)28(2)19-10-11-32-15-19)21-14-23(17-6-4-3-5-7-17)33-24-13-18(27)8-9-20(24)29(16)21/h3-9,12-13,19,23H,10-11,14-15H2,1-2H3/t19-,23+/m0/s1. The molecule has 0 N–H and O–H groups in total. The molecule has 2 atom stereocenters. The van der Waals surface area contributed by atoms with Crippen LogP contribution < -0.4 is 5.43 Å². The van der Waals surface area contributed by atoms with Crippen molar-refractivity contribution in [3.63, 3.8) is 0 Å². The van der Waals surface area contributed by atoms with Crippen LogP contribution in [0, 0.1) is 6.92 Å². The number of hydrogen-bond acceptors (Lipinski definition) is 4. The first kappa shape index (κ1) is 22.3. The number of benzene rings is 2. The van der Waals surface area contributed by atoms with E-state index in [1.807, 2.05) is 43.3 Å². The molecule has 2 aromatic carbocycles. The van der Waals surface area contributed by atoms with Gasteiger partial charge in [-0.05, 0) is 37.1 Å². The fraction of sp³-hybridized carbons (Fsp3) is 0.308. The number of ether oxygens (including phenoxy) is 1. The summed E-state index contributed by atoms with van der Waals surface area (Å²) in [6, 6.07) is 17.6. The zero-order chi connectivity index (χ0) is 23.1. The quantitative estimate of drug-likeness (QED) is 0.526. The summed E-state index contributed by atoms with van der Waals surface area (Å²) in [6.07, 6.45) is 1.33. The fourth-order valence-electron chi connectivity index (χ4n) is 4.71. The van der Waals surface area contributed by atoms with E-state index in [-0.39, 0.29) is 28.2 Å². The molecule has 170 valence electrons. The SMILES string of the molecule is Cc1cc(=O)c(C(=O)N(C)[C@H]2CCOC2)c2n1-c1ccc(Cl)cc1S[C@@H](c1ccccc1)C2. The molecule has 1 aromatic heterocycles. The van der Waals surface area contributed by atoms with E-state index in [9.17, 15) is 9.59 Å². The van der Waals surface area contributed by atoms with Crippen LogP contribution in [-0.4, -0.2) is 41.7 Å². The van der Waals surface area contributed by atoms with Crippen molar-refractivity contribution in [3.8, 4) is 5.69 Å². The first-order chi connectivity index (χ1) is 15.9. The molecule has 5 nitrogen and oxygen atoms in total. The number of fused-ring (bicyclic) bond motifs is 3. The van der Waals surface area contributed by atoms with E-state index in [0.717, 1.165) is 34.0 Å². The minimum Gasteiger partial charge on any atom is -0.379 e. The number of aromatic nitrogens is 1. The molecule has 7 heteroatoms. The number of amides is 1. The summed E-state index contributed by atoms with van der Waals surface area (Å²) in [5, 5.41) is 0.692. The molecule has 3 heterocycles. The smallest absolute Gasteiger partial charge is 0.259 e. The number of hydrogen-bond donors (Lipinski definition) is 0. The van der Waals surface area contributed by atoms with E-state index in [1.54, 1.807) is 29.8 Å². The lowest BCUT2D eigenvalue weighted by molar-refractivity contribution is 0.0708. The van der Waals surface area contributed by atoms with E-state index in [4.69, 9.17) is 16.3 Å². The van der Waals surface area contributed by atoms with Crippen molar-refractivity contribution in [2.75, 3.05) is 20.3 Å². The van der Waals surface area contributed by atoms with Crippen LogP contribution in [-0.2, 0) is 11.2 Å². The number of aryl methyl sites for hydroxylation is 1. The average Bonchev–Trinajstić information content (AvgIpc) is 3.28. The minimum absolute atomic E-state index is 0.0185. The molecule has 2 aliphatic heterocycles. The second kappa shape index (κ2) is 9.01. The van der Waals surface area contributed by atoms with Gasteiger partial charge in [0.05, 0.1) is 18.3 Å². The predicted molar refractivity (Wildman–Crippen MR) is 132 cm³/mol. The first-order valence-electron chi connectivity index (χ1n) is 11.1. The molecule has 0 bridgehead atoms. The van der Waals surface area contributed by atoms with Gasteiger partial charge in [-0.15, -0.1) is 11.8 Å². The van der Waals surface area contributed by atoms with E-state index >= 15 is 0 Å². The molecular formula is C26H25ClN2O3S. The summed E-state index contributed by atoms with van der Waals surface area (Å²) in [5.74, 6) is -0.242. The van der Waals surface area contributed by atoms with Gasteiger partial charge in [0.15, 0.2) is 5.43 Å². The molecule has 33 heavy (non-hydrogen) atoms. The van der Waals surface area contributed by atoms with Gasteiger partial charge in [0.1, 0.15) is 5.56 Å². The van der Waals surface area contributed by atoms with Crippen LogP contribution >= 0.6 is 23.4 Å². The van der Waals surface area contributed by atoms with E-state index in [2.05, 4.69) is 16.7 Å². The van der Waals surface area contributed by atoms with E-state index in [0.29, 0.717) is 24.7 Å². The highest BCUT2D eigenvalue weighted by Gasteiger charge is 2.33. The molecule has 0 aliphatic carbocycles. The minimum atomic E-state index is -0.242. The maximum absolute atomic E-state index is 13.7. The summed E-state index contributed by atoms with van der Waals surface area (Å²) < 4.78 is 7.55. The number of halogens is 1. The third kappa shape index (κ3) is 4.12. The number of carbonyl (C=O) groups excluding carboxylic acids is 1. The highest BCUT2D eigenvalue weighted by atomic mass is 35.5. The molecular weight excluding hydrogens is 456 g/mol. The lowest BCUT2D eigenvalue weighted by Crippen LogP contribution is -2.41. The van der Waals surface area contributed by atoms with Gasteiger partial charge in [-0.3, -0.25) is 9.59 Å². The molecule has 3 aromatic rings. The number of likely N-dealkylation sites (N-methyl/N-ethyl adjacent to an activating group) is 1. The third-order valence-corrected chi connectivity index (χ3v) is 8.01. The molecule has 0 radical (unpaired) electrons. The lowest BCUT2D eigenvalue weighted by atomic mass is 10.0. The Bertz CT molecular complexity index is 1270. The van der Waals surface area contributed by atoms with Gasteiger partial charge in [0.2, 0.25) is 0 Å². The van der Waals surface area contributed by atoms with Crippen molar-refractivity contribution >= 4 is 29.3 Å². The van der Waals surface area contributed by atoms with Crippen LogP contribution in [0.1, 0.15) is 39.0 Å². The maximum atomic E-state index is 13.7. The highest BCUT2D eigenvalue weighted by Crippen LogP contribution is 2.45. The van der Waals surface area contributed by atoms with Crippen molar-refractivity contribution in [1.82, 2.24) is 9.47 Å². The van der Waals surface area contributed by atoms with Crippen molar-refractivity contribution < 1.29 is 9.53 Å². The Morgan fingerprint density at radius 1 is 1.18 bits per heavy atom. The molecule has 0 spiro atoms. The van der Waals surface area contributed by atoms with Crippen molar-refractivity contribution in [2.24, 2.45) is 0 Å². The number of nitrogens with zero attached hydrogens (tertiary/aromatic N) is 2. The Balaban J connectivity index is 1.72. The van der Waals surface area contributed by atoms with Gasteiger partial charge in [-0.1, -0.05) is 41.9 Å². The second-order valence-electron chi connectivity index (χ2n) is 8.57. The van der Waals surface area contributed by atoms with Crippen LogP contribution in [0.3, 0.4) is 0 Å². The predicted octanol–water partition coefficient (Wildman–Crippen LogP) is 5.05. The fourth-order valence-corrected chi connectivity index (χ4v) is 6.26. The van der Waals surface area contributed by atoms with Gasteiger partial charge in [0.25, 0.3) is 5.91 Å². The summed E-state index contributed by atoms with van der Waals surface area (Å²) >= 11 is 8.08. The van der Waals surface area contributed by atoms with Crippen LogP contribution in [0.15, 0.2) is 64.3 Å². The van der Waals surface area contributed by atoms with Gasteiger partial charge >= 0.3 is 0 Å². The Morgan fingerprint density at radius 3 is 2.70 bits per heavy atom. The summed E-state index contributed by atoms with van der Waals surface area (Å²) in [7, 11) is 1.77. The lowest BCUT2D eigenvalue weighted by Gasteiger charge is -2.26. The zero-order valence-electron chi connectivity index (χ0n) is 18.6. The summed E-state index contributed by atoms with van der Waals surface area (Å²) in [6.45, 7) is 3.05. The number of carbonyl (C=O) groups is 1. The molecule has 0 unspecified atom stereocenters. The van der Waals surface area contributed by atoms with Crippen LogP contribution in [0.5, 0.6) is 0 Å². The van der Waals surface area contributed by atoms with E-state index in [1.165, 1.54) is 0 Å². The molecule has 5 rings (SSSR count). The monoisotopic (exact) mass is 480 g/mol. The van der Waals surface area contributed by atoms with Crippen molar-refractivity contribution in [2.45, 2.75) is 36.0 Å². The maximum Gasteiger partial charge on any atom is 0.259 e. The zero-order valence-corrected chi connectivity index (χ0v) is 20.2. The average molecular weight is 481 g/mol. The normalized spacial score (nSPS) is 19.5. The molecule has 2 aliphatic rings. The van der Waals surface area contributed by atoms with Crippen LogP contribution in [0.4, 0.5) is 0 Å². The Kier molecular flexibility index (Phi) is 6.08. The van der Waals surface area contributed by atoms with Crippen molar-refractivity contribution in [1.29, 1.82) is 0 Å². The van der Waals surface area contributed by atoms with Gasteiger partial charge in [-0.2, -0.15) is 0 Å². The largest absolute Gasteiger partial charge is 0.379 e. The number of thioether (sulfide) groups is 1. The summed E-state index contributed by atoms with van der Waals surface area (Å²) in [5.41, 5.74) is 3.65. The molecule has 1 amide bonds. The van der Waals surface area contributed by atoms with Gasteiger partial charge in [0, 0.05) is 52.7 Å². The van der Waals surface area contributed by atoms with Crippen molar-refractivity contribution in [3.05, 3.63) is 92.4 Å². The third-order valence-electron chi connectivity index (χ3n) is 6.47. The molecule has 0 saturated carbocycles. The topological polar surface area (TPSA) is 51.5 Å². The Hall–Kier alpha value is -2.54.